The number of aromatic nitrogens is 4. The first-order chi connectivity index (χ1) is 12.4. The van der Waals surface area contributed by atoms with Gasteiger partial charge in [-0.3, -0.25) is 10.1 Å². The molecule has 0 spiro atoms. The molecule has 0 aliphatic heterocycles. The van der Waals surface area contributed by atoms with Gasteiger partial charge in [0.15, 0.2) is 5.82 Å². The Kier molecular flexibility index (Phi) is 5.39. The Balaban J connectivity index is 0.000000206. The summed E-state index contributed by atoms with van der Waals surface area (Å²) in [5.41, 5.74) is 2.07. The molecular formula is C18H26N6O2. The molecule has 4 N–H and O–H groups in total. The van der Waals surface area contributed by atoms with Crippen LogP contribution in [0, 0.1) is 6.92 Å². The zero-order chi connectivity index (χ0) is 18.6. The molecule has 0 unspecified atom stereocenters. The number of nitrogens with one attached hydrogen (secondary N) is 3. The molecule has 8 nitrogen and oxygen atoms in total. The Morgan fingerprint density at radius 3 is 2.50 bits per heavy atom. The normalized spacial score (nSPS) is 17.9. The minimum absolute atomic E-state index is 0.0775. The van der Waals surface area contributed by atoms with Gasteiger partial charge in [-0.05, 0) is 39.5 Å². The molecule has 2 aliphatic carbocycles. The van der Waals surface area contributed by atoms with Gasteiger partial charge < -0.3 is 15.7 Å². The van der Waals surface area contributed by atoms with Crippen molar-refractivity contribution in [3.63, 3.8) is 0 Å². The molecule has 2 aliphatic rings. The summed E-state index contributed by atoms with van der Waals surface area (Å²) in [7, 11) is 0. The highest BCUT2D eigenvalue weighted by Crippen LogP contribution is 2.34. The van der Waals surface area contributed by atoms with Crippen molar-refractivity contribution in [2.24, 2.45) is 0 Å². The molecule has 2 saturated carbocycles. The topological polar surface area (TPSA) is 116 Å². The van der Waals surface area contributed by atoms with Gasteiger partial charge in [-0.1, -0.05) is 12.8 Å². The van der Waals surface area contributed by atoms with Crippen molar-refractivity contribution in [1.82, 2.24) is 25.5 Å². The SMILES string of the molecule is CC1(NC(=O)O)CC1.Cc1cnc(Nc2cc(C3CCCC3)[nH]n2)cn1. The Morgan fingerprint density at radius 2 is 1.96 bits per heavy atom. The molecule has 1 amide bonds. The quantitative estimate of drug-likeness (QED) is 0.662. The average Bonchev–Trinajstić information content (AvgIpc) is 3.02. The lowest BCUT2D eigenvalue weighted by molar-refractivity contribution is 0.189. The third kappa shape index (κ3) is 5.18. The molecule has 0 bridgehead atoms. The van der Waals surface area contributed by atoms with E-state index < -0.39 is 6.09 Å². The van der Waals surface area contributed by atoms with E-state index in [1.54, 1.807) is 12.4 Å². The lowest BCUT2D eigenvalue weighted by atomic mass is 10.0. The predicted octanol–water partition coefficient (Wildman–Crippen LogP) is 3.72. The van der Waals surface area contributed by atoms with Crippen LogP contribution in [0.1, 0.15) is 62.8 Å². The van der Waals surface area contributed by atoms with Crippen molar-refractivity contribution in [3.8, 4) is 0 Å². The van der Waals surface area contributed by atoms with Crippen LogP contribution in [0.15, 0.2) is 18.5 Å². The van der Waals surface area contributed by atoms with E-state index in [-0.39, 0.29) is 5.54 Å². The summed E-state index contributed by atoms with van der Waals surface area (Å²) in [5, 5.41) is 21.1. The largest absolute Gasteiger partial charge is 0.465 e. The van der Waals surface area contributed by atoms with Crippen molar-refractivity contribution in [2.45, 2.75) is 63.8 Å². The van der Waals surface area contributed by atoms with Crippen molar-refractivity contribution in [1.29, 1.82) is 0 Å². The highest BCUT2D eigenvalue weighted by atomic mass is 16.4. The Bertz CT molecular complexity index is 732. The summed E-state index contributed by atoms with van der Waals surface area (Å²) in [5.74, 6) is 2.19. The number of rotatable bonds is 4. The van der Waals surface area contributed by atoms with Crippen LogP contribution in [0.3, 0.4) is 0 Å². The van der Waals surface area contributed by atoms with Gasteiger partial charge in [0.05, 0.1) is 18.1 Å². The highest BCUT2D eigenvalue weighted by molar-refractivity contribution is 5.66. The van der Waals surface area contributed by atoms with Gasteiger partial charge in [0.1, 0.15) is 5.82 Å². The standard InChI is InChI=1S/C13H17N5.C5H9NO2/c1-9-7-15-13(8-14-9)16-12-6-11(17-18-12)10-4-2-3-5-10;1-5(2-3-5)6-4(7)8/h6-8,10H,2-5H2,1H3,(H2,15,16,17,18);6H,2-3H2,1H3,(H,7,8). The fourth-order valence-corrected chi connectivity index (χ4v) is 3.01. The Hall–Kier alpha value is -2.64. The van der Waals surface area contributed by atoms with Gasteiger partial charge in [0, 0.05) is 23.2 Å². The smallest absolute Gasteiger partial charge is 0.405 e. The molecular weight excluding hydrogens is 332 g/mol. The summed E-state index contributed by atoms with van der Waals surface area (Å²) in [6.45, 7) is 3.82. The lowest BCUT2D eigenvalue weighted by Crippen LogP contribution is -2.32. The number of aryl methyl sites for hydroxylation is 1. The summed E-state index contributed by atoms with van der Waals surface area (Å²) in [4.78, 5) is 18.4. The zero-order valence-corrected chi connectivity index (χ0v) is 15.2. The second-order valence-corrected chi connectivity index (χ2v) is 7.35. The lowest BCUT2D eigenvalue weighted by Gasteiger charge is -2.04. The number of carbonyl (C=O) groups is 1. The van der Waals surface area contributed by atoms with Gasteiger partial charge in [0.25, 0.3) is 0 Å². The molecule has 0 aromatic carbocycles. The van der Waals surface area contributed by atoms with Gasteiger partial charge in [0.2, 0.25) is 0 Å². The van der Waals surface area contributed by atoms with E-state index in [1.807, 2.05) is 13.8 Å². The van der Waals surface area contributed by atoms with Crippen LogP contribution in [0.4, 0.5) is 16.4 Å². The van der Waals surface area contributed by atoms with Gasteiger partial charge in [-0.2, -0.15) is 5.10 Å². The second-order valence-electron chi connectivity index (χ2n) is 7.35. The summed E-state index contributed by atoms with van der Waals surface area (Å²) in [6.07, 6.45) is 9.72. The minimum Gasteiger partial charge on any atom is -0.465 e. The van der Waals surface area contributed by atoms with Gasteiger partial charge >= 0.3 is 6.09 Å². The number of hydrogen-bond donors (Lipinski definition) is 4. The molecule has 2 aromatic rings. The van der Waals surface area contributed by atoms with E-state index in [2.05, 4.69) is 36.9 Å². The predicted molar refractivity (Wildman–Crippen MR) is 98.6 cm³/mol. The van der Waals surface area contributed by atoms with E-state index in [0.717, 1.165) is 30.2 Å². The molecule has 8 heteroatoms. The first kappa shape index (κ1) is 18.2. The average molecular weight is 358 g/mol. The molecule has 26 heavy (non-hydrogen) atoms. The fraction of sp³-hybridized carbons (Fsp3) is 0.556. The van der Waals surface area contributed by atoms with Crippen molar-refractivity contribution in [2.75, 3.05) is 5.32 Å². The van der Waals surface area contributed by atoms with E-state index in [4.69, 9.17) is 5.11 Å². The first-order valence-electron chi connectivity index (χ1n) is 9.06. The maximum absolute atomic E-state index is 9.94. The third-order valence-electron chi connectivity index (χ3n) is 4.84. The van der Waals surface area contributed by atoms with Crippen LogP contribution in [-0.4, -0.2) is 36.9 Å². The number of carboxylic acid groups (broad SMARTS) is 1. The molecule has 2 fully saturated rings. The van der Waals surface area contributed by atoms with E-state index >= 15 is 0 Å². The van der Waals surface area contributed by atoms with Gasteiger partial charge in [-0.25, -0.2) is 9.78 Å². The molecule has 0 radical (unpaired) electrons. The summed E-state index contributed by atoms with van der Waals surface area (Å²) < 4.78 is 0. The van der Waals surface area contributed by atoms with Crippen molar-refractivity contribution in [3.05, 3.63) is 29.8 Å². The number of H-pyrrole nitrogens is 1. The minimum atomic E-state index is -0.912. The zero-order valence-electron chi connectivity index (χ0n) is 15.2. The van der Waals surface area contributed by atoms with E-state index in [0.29, 0.717) is 5.92 Å². The van der Waals surface area contributed by atoms with E-state index in [1.165, 1.54) is 31.4 Å². The van der Waals surface area contributed by atoms with Gasteiger partial charge in [-0.15, -0.1) is 0 Å². The number of aromatic amines is 1. The third-order valence-corrected chi connectivity index (χ3v) is 4.84. The highest BCUT2D eigenvalue weighted by Gasteiger charge is 2.38. The number of nitrogens with zero attached hydrogens (tertiary/aromatic N) is 3. The monoisotopic (exact) mass is 358 g/mol. The maximum Gasteiger partial charge on any atom is 0.405 e. The summed E-state index contributed by atoms with van der Waals surface area (Å²) in [6, 6.07) is 2.08. The second kappa shape index (κ2) is 7.72. The van der Waals surface area contributed by atoms with Crippen LogP contribution >= 0.6 is 0 Å². The Morgan fingerprint density at radius 1 is 1.23 bits per heavy atom. The maximum atomic E-state index is 9.94. The number of amides is 1. The molecule has 140 valence electrons. The first-order valence-corrected chi connectivity index (χ1v) is 9.06. The van der Waals surface area contributed by atoms with Crippen LogP contribution in [0.2, 0.25) is 0 Å². The fourth-order valence-electron chi connectivity index (χ4n) is 3.01. The Labute approximate surface area is 152 Å². The number of anilines is 2. The molecule has 0 atom stereocenters. The van der Waals surface area contributed by atoms with Crippen molar-refractivity contribution < 1.29 is 9.90 Å². The van der Waals surface area contributed by atoms with Crippen LogP contribution in [-0.2, 0) is 0 Å². The van der Waals surface area contributed by atoms with Crippen LogP contribution < -0.4 is 10.6 Å². The van der Waals surface area contributed by atoms with Crippen LogP contribution in [0.5, 0.6) is 0 Å². The summed E-state index contributed by atoms with van der Waals surface area (Å²) >= 11 is 0. The van der Waals surface area contributed by atoms with Crippen molar-refractivity contribution >= 4 is 17.7 Å². The molecule has 2 aromatic heterocycles. The van der Waals surface area contributed by atoms with E-state index in [9.17, 15) is 4.79 Å². The molecule has 0 saturated heterocycles. The number of hydrogen-bond acceptors (Lipinski definition) is 5. The molecule has 4 rings (SSSR count). The van der Waals surface area contributed by atoms with Crippen LogP contribution in [0.25, 0.3) is 0 Å². The molecule has 2 heterocycles.